The van der Waals surface area contributed by atoms with Crippen molar-refractivity contribution in [3.05, 3.63) is 29.7 Å². The van der Waals surface area contributed by atoms with Gasteiger partial charge < -0.3 is 14.3 Å². The maximum absolute atomic E-state index is 8.92. The first-order valence-electron chi connectivity index (χ1n) is 4.31. The van der Waals surface area contributed by atoms with Gasteiger partial charge in [0, 0.05) is 7.11 Å². The second-order valence-electron chi connectivity index (χ2n) is 3.00. The molecule has 2 aromatic rings. The van der Waals surface area contributed by atoms with E-state index in [1.54, 1.807) is 13.2 Å². The first-order valence-corrected chi connectivity index (χ1v) is 4.31. The minimum absolute atomic E-state index is 0.0102. The summed E-state index contributed by atoms with van der Waals surface area (Å²) in [5.41, 5.74) is 2.29. The molecule has 0 aliphatic carbocycles. The van der Waals surface area contributed by atoms with Gasteiger partial charge in [-0.15, -0.1) is 0 Å². The third kappa shape index (κ3) is 1.62. The summed E-state index contributed by atoms with van der Waals surface area (Å²) in [4.78, 5) is 4.20. The van der Waals surface area contributed by atoms with E-state index in [0.717, 1.165) is 11.1 Å². The monoisotopic (exact) mass is 193 g/mol. The number of ether oxygens (including phenoxy) is 1. The molecule has 1 aromatic carbocycles. The molecule has 0 spiro atoms. The van der Waals surface area contributed by atoms with Crippen molar-refractivity contribution in [1.29, 1.82) is 0 Å². The molecule has 0 bridgehead atoms. The SMILES string of the molecule is COCc1nc2ccc(CO)cc2o1. The van der Waals surface area contributed by atoms with E-state index in [4.69, 9.17) is 14.3 Å². The summed E-state index contributed by atoms with van der Waals surface area (Å²) >= 11 is 0. The van der Waals surface area contributed by atoms with Crippen LogP contribution in [0.25, 0.3) is 11.1 Å². The van der Waals surface area contributed by atoms with Crippen molar-refractivity contribution in [3.63, 3.8) is 0 Å². The lowest BCUT2D eigenvalue weighted by Gasteiger charge is -1.92. The lowest BCUT2D eigenvalue weighted by atomic mass is 10.2. The largest absolute Gasteiger partial charge is 0.438 e. The number of benzene rings is 1. The van der Waals surface area contributed by atoms with Crippen LogP contribution in [0.2, 0.25) is 0 Å². The van der Waals surface area contributed by atoms with Crippen LogP contribution in [-0.4, -0.2) is 17.2 Å². The van der Waals surface area contributed by atoms with Gasteiger partial charge in [-0.1, -0.05) is 6.07 Å². The molecule has 4 heteroatoms. The van der Waals surface area contributed by atoms with Gasteiger partial charge in [0.25, 0.3) is 0 Å². The topological polar surface area (TPSA) is 55.5 Å². The van der Waals surface area contributed by atoms with E-state index in [1.807, 2.05) is 12.1 Å². The van der Waals surface area contributed by atoms with Gasteiger partial charge in [0.15, 0.2) is 5.58 Å². The predicted octanol–water partition coefficient (Wildman–Crippen LogP) is 1.47. The highest BCUT2D eigenvalue weighted by molar-refractivity contribution is 5.73. The third-order valence-corrected chi connectivity index (χ3v) is 1.95. The Morgan fingerprint density at radius 1 is 1.50 bits per heavy atom. The lowest BCUT2D eigenvalue weighted by Crippen LogP contribution is -1.85. The minimum atomic E-state index is 0.0102. The van der Waals surface area contributed by atoms with Gasteiger partial charge in [0.1, 0.15) is 12.1 Å². The normalized spacial score (nSPS) is 11.0. The molecule has 0 aliphatic rings. The molecule has 74 valence electrons. The van der Waals surface area contributed by atoms with E-state index in [9.17, 15) is 0 Å². The van der Waals surface area contributed by atoms with E-state index in [1.165, 1.54) is 0 Å². The van der Waals surface area contributed by atoms with E-state index < -0.39 is 0 Å². The second-order valence-corrected chi connectivity index (χ2v) is 3.00. The van der Waals surface area contributed by atoms with Gasteiger partial charge in [-0.25, -0.2) is 4.98 Å². The molecule has 1 N–H and O–H groups in total. The summed E-state index contributed by atoms with van der Waals surface area (Å²) < 4.78 is 10.3. The number of hydrogen-bond acceptors (Lipinski definition) is 4. The van der Waals surface area contributed by atoms with Crippen molar-refractivity contribution in [2.45, 2.75) is 13.2 Å². The molecule has 0 amide bonds. The molecule has 0 atom stereocenters. The first-order chi connectivity index (χ1) is 6.83. The van der Waals surface area contributed by atoms with Crippen LogP contribution in [0.1, 0.15) is 11.5 Å². The van der Waals surface area contributed by atoms with Gasteiger partial charge in [0.05, 0.1) is 6.61 Å². The molecular formula is C10H11NO3. The average Bonchev–Trinajstić information content (AvgIpc) is 2.59. The molecule has 0 unspecified atom stereocenters. The molecule has 4 nitrogen and oxygen atoms in total. The Balaban J connectivity index is 2.43. The number of aliphatic hydroxyl groups is 1. The van der Waals surface area contributed by atoms with Crippen molar-refractivity contribution < 1.29 is 14.3 Å². The average molecular weight is 193 g/mol. The van der Waals surface area contributed by atoms with E-state index in [-0.39, 0.29) is 6.61 Å². The van der Waals surface area contributed by atoms with Gasteiger partial charge in [-0.05, 0) is 17.7 Å². The first kappa shape index (κ1) is 9.18. The van der Waals surface area contributed by atoms with Crippen molar-refractivity contribution in [2.24, 2.45) is 0 Å². The molecule has 14 heavy (non-hydrogen) atoms. The number of aliphatic hydroxyl groups excluding tert-OH is 1. The summed E-state index contributed by atoms with van der Waals surface area (Å²) in [7, 11) is 1.59. The smallest absolute Gasteiger partial charge is 0.221 e. The zero-order chi connectivity index (χ0) is 9.97. The Morgan fingerprint density at radius 3 is 3.07 bits per heavy atom. The van der Waals surface area contributed by atoms with Crippen LogP contribution < -0.4 is 0 Å². The second kappa shape index (κ2) is 3.77. The van der Waals surface area contributed by atoms with Crippen LogP contribution in [0.4, 0.5) is 0 Å². The number of aromatic nitrogens is 1. The van der Waals surface area contributed by atoms with E-state index in [2.05, 4.69) is 4.98 Å². The summed E-state index contributed by atoms with van der Waals surface area (Å²) in [6.45, 7) is 0.374. The molecule has 0 aliphatic heterocycles. The van der Waals surface area contributed by atoms with Crippen LogP contribution >= 0.6 is 0 Å². The third-order valence-electron chi connectivity index (χ3n) is 1.95. The highest BCUT2D eigenvalue weighted by atomic mass is 16.5. The molecule has 0 saturated carbocycles. The number of hydrogen-bond donors (Lipinski definition) is 1. The van der Waals surface area contributed by atoms with Crippen LogP contribution in [-0.2, 0) is 18.0 Å². The number of rotatable bonds is 3. The number of nitrogens with zero attached hydrogens (tertiary/aromatic N) is 1. The van der Waals surface area contributed by atoms with Crippen LogP contribution in [0.3, 0.4) is 0 Å². The number of fused-ring (bicyclic) bond motifs is 1. The maximum Gasteiger partial charge on any atom is 0.221 e. The van der Waals surface area contributed by atoms with E-state index in [0.29, 0.717) is 18.1 Å². The standard InChI is InChI=1S/C10H11NO3/c1-13-6-10-11-8-3-2-7(5-12)4-9(8)14-10/h2-4,12H,5-6H2,1H3. The zero-order valence-corrected chi connectivity index (χ0v) is 7.86. The van der Waals surface area contributed by atoms with Crippen LogP contribution in [0.15, 0.2) is 22.6 Å². The van der Waals surface area contributed by atoms with Gasteiger partial charge in [0.2, 0.25) is 5.89 Å². The van der Waals surface area contributed by atoms with E-state index >= 15 is 0 Å². The molecule has 2 rings (SSSR count). The Kier molecular flexibility index (Phi) is 2.47. The highest BCUT2D eigenvalue weighted by Gasteiger charge is 2.05. The van der Waals surface area contributed by atoms with Crippen LogP contribution in [0, 0.1) is 0 Å². The summed E-state index contributed by atoms with van der Waals surface area (Å²) in [6.07, 6.45) is 0. The van der Waals surface area contributed by atoms with Crippen molar-refractivity contribution in [1.82, 2.24) is 4.98 Å². The summed E-state index contributed by atoms with van der Waals surface area (Å²) in [5.74, 6) is 0.553. The fourth-order valence-corrected chi connectivity index (χ4v) is 1.30. The molecule has 1 heterocycles. The number of oxazole rings is 1. The molecule has 1 aromatic heterocycles. The predicted molar refractivity (Wildman–Crippen MR) is 50.6 cm³/mol. The molecule has 0 saturated heterocycles. The lowest BCUT2D eigenvalue weighted by molar-refractivity contribution is 0.161. The Labute approximate surface area is 81.1 Å². The van der Waals surface area contributed by atoms with Gasteiger partial charge in [-0.2, -0.15) is 0 Å². The van der Waals surface area contributed by atoms with Crippen molar-refractivity contribution in [3.8, 4) is 0 Å². The zero-order valence-electron chi connectivity index (χ0n) is 7.86. The van der Waals surface area contributed by atoms with Gasteiger partial charge in [-0.3, -0.25) is 0 Å². The van der Waals surface area contributed by atoms with Crippen molar-refractivity contribution >= 4 is 11.1 Å². The Morgan fingerprint density at radius 2 is 2.36 bits per heavy atom. The molecule has 0 fully saturated rings. The summed E-state index contributed by atoms with van der Waals surface area (Å²) in [5, 5.41) is 8.92. The van der Waals surface area contributed by atoms with Crippen LogP contribution in [0.5, 0.6) is 0 Å². The molecule has 0 radical (unpaired) electrons. The van der Waals surface area contributed by atoms with Crippen molar-refractivity contribution in [2.75, 3.05) is 7.11 Å². The fraction of sp³-hybridized carbons (Fsp3) is 0.300. The Hall–Kier alpha value is -1.39. The number of methoxy groups -OCH3 is 1. The fourth-order valence-electron chi connectivity index (χ4n) is 1.30. The summed E-state index contributed by atoms with van der Waals surface area (Å²) in [6, 6.07) is 5.42. The molecular weight excluding hydrogens is 182 g/mol. The highest BCUT2D eigenvalue weighted by Crippen LogP contribution is 2.17. The minimum Gasteiger partial charge on any atom is -0.438 e. The Bertz CT molecular complexity index is 436. The van der Waals surface area contributed by atoms with Gasteiger partial charge >= 0.3 is 0 Å². The maximum atomic E-state index is 8.92. The quantitative estimate of drug-likeness (QED) is 0.801.